The van der Waals surface area contributed by atoms with Gasteiger partial charge in [0.25, 0.3) is 0 Å². The molecule has 0 fully saturated rings. The maximum atomic E-state index is 4.54. The molecule has 4 nitrogen and oxygen atoms in total. The van der Waals surface area contributed by atoms with E-state index in [0.717, 1.165) is 17.9 Å². The van der Waals surface area contributed by atoms with E-state index in [1.807, 2.05) is 24.3 Å². The quantitative estimate of drug-likeness (QED) is 0.675. The van der Waals surface area contributed by atoms with Crippen molar-refractivity contribution in [1.82, 2.24) is 9.97 Å². The van der Waals surface area contributed by atoms with Crippen LogP contribution in [0.2, 0.25) is 0 Å². The maximum absolute atomic E-state index is 4.54. The smallest absolute Gasteiger partial charge is 0.229 e. The second-order valence-corrected chi connectivity index (χ2v) is 5.72. The summed E-state index contributed by atoms with van der Waals surface area (Å²) in [5.74, 6) is 1.39. The third kappa shape index (κ3) is 4.10. The number of benzene rings is 2. The van der Waals surface area contributed by atoms with E-state index in [-0.39, 0.29) is 6.04 Å². The summed E-state index contributed by atoms with van der Waals surface area (Å²) in [5.41, 5.74) is 3.52. The Hall–Kier alpha value is -2.88. The number of hydrogen-bond donors (Lipinski definition) is 2. The van der Waals surface area contributed by atoms with Gasteiger partial charge in [-0.15, -0.1) is 0 Å². The van der Waals surface area contributed by atoms with Gasteiger partial charge < -0.3 is 10.6 Å². The molecule has 122 valence electrons. The lowest BCUT2D eigenvalue weighted by atomic mass is 10.1. The first-order valence-corrected chi connectivity index (χ1v) is 8.25. The molecule has 1 aromatic heterocycles. The highest BCUT2D eigenvalue weighted by Gasteiger charge is 2.06. The van der Waals surface area contributed by atoms with Gasteiger partial charge >= 0.3 is 0 Å². The van der Waals surface area contributed by atoms with Crippen LogP contribution < -0.4 is 10.6 Å². The fraction of sp³-hybridized carbons (Fsp3) is 0.200. The van der Waals surface area contributed by atoms with Crippen LogP contribution in [0.4, 0.5) is 17.5 Å². The molecule has 2 aromatic carbocycles. The SMILES string of the molecule is CCc1ccc(Nc2nccc(NC(C)c3ccccc3)n2)cc1. The molecule has 1 heterocycles. The number of nitrogens with one attached hydrogen (secondary N) is 2. The van der Waals surface area contributed by atoms with Gasteiger partial charge in [-0.05, 0) is 42.7 Å². The summed E-state index contributed by atoms with van der Waals surface area (Å²) in [6.45, 7) is 4.27. The highest BCUT2D eigenvalue weighted by atomic mass is 15.1. The Bertz CT molecular complexity index is 769. The predicted molar refractivity (Wildman–Crippen MR) is 99.6 cm³/mol. The number of aromatic nitrogens is 2. The molecular formula is C20H22N4. The molecule has 0 saturated carbocycles. The van der Waals surface area contributed by atoms with Gasteiger partial charge in [0.05, 0.1) is 0 Å². The van der Waals surface area contributed by atoms with Crippen LogP contribution in [0.15, 0.2) is 66.9 Å². The number of aryl methyl sites for hydroxylation is 1. The molecule has 0 amide bonds. The van der Waals surface area contributed by atoms with Crippen molar-refractivity contribution in [3.63, 3.8) is 0 Å². The van der Waals surface area contributed by atoms with Gasteiger partial charge in [0.2, 0.25) is 5.95 Å². The molecule has 0 aliphatic heterocycles. The van der Waals surface area contributed by atoms with Crippen molar-refractivity contribution in [2.75, 3.05) is 10.6 Å². The van der Waals surface area contributed by atoms with Crippen molar-refractivity contribution < 1.29 is 0 Å². The van der Waals surface area contributed by atoms with Crippen LogP contribution in [-0.4, -0.2) is 9.97 Å². The minimum absolute atomic E-state index is 0.179. The fourth-order valence-corrected chi connectivity index (χ4v) is 2.50. The van der Waals surface area contributed by atoms with Crippen LogP contribution >= 0.6 is 0 Å². The minimum Gasteiger partial charge on any atom is -0.363 e. The van der Waals surface area contributed by atoms with Crippen molar-refractivity contribution in [3.05, 3.63) is 78.0 Å². The standard InChI is InChI=1S/C20H22N4/c1-3-16-9-11-18(12-10-16)23-20-21-14-13-19(24-20)22-15(2)17-7-5-4-6-8-17/h4-15H,3H2,1-2H3,(H2,21,22,23,24). The number of hydrogen-bond acceptors (Lipinski definition) is 4. The van der Waals surface area contributed by atoms with Gasteiger partial charge in [-0.2, -0.15) is 4.98 Å². The summed E-state index contributed by atoms with van der Waals surface area (Å²) in [6, 6.07) is 20.7. The van der Waals surface area contributed by atoms with Gasteiger partial charge in [-0.1, -0.05) is 49.4 Å². The molecule has 4 heteroatoms. The van der Waals surface area contributed by atoms with E-state index in [0.29, 0.717) is 5.95 Å². The first-order valence-electron chi connectivity index (χ1n) is 8.25. The molecule has 0 radical (unpaired) electrons. The number of anilines is 3. The van der Waals surface area contributed by atoms with Crippen LogP contribution in [0.25, 0.3) is 0 Å². The molecule has 0 bridgehead atoms. The largest absolute Gasteiger partial charge is 0.363 e. The maximum Gasteiger partial charge on any atom is 0.229 e. The van der Waals surface area contributed by atoms with Crippen LogP contribution in [0, 0.1) is 0 Å². The van der Waals surface area contributed by atoms with Crippen molar-refractivity contribution in [1.29, 1.82) is 0 Å². The van der Waals surface area contributed by atoms with Gasteiger partial charge in [0, 0.05) is 17.9 Å². The van der Waals surface area contributed by atoms with Gasteiger partial charge in [-0.25, -0.2) is 4.98 Å². The summed E-state index contributed by atoms with van der Waals surface area (Å²) in [7, 11) is 0. The average Bonchev–Trinajstić information content (AvgIpc) is 2.63. The summed E-state index contributed by atoms with van der Waals surface area (Å²) < 4.78 is 0. The molecule has 0 spiro atoms. The first-order chi connectivity index (χ1) is 11.7. The Morgan fingerprint density at radius 1 is 0.958 bits per heavy atom. The Kier molecular flexibility index (Phi) is 5.06. The molecule has 1 atom stereocenters. The van der Waals surface area contributed by atoms with Gasteiger partial charge in [0.1, 0.15) is 5.82 Å². The van der Waals surface area contributed by atoms with Crippen LogP contribution in [-0.2, 0) is 6.42 Å². The van der Waals surface area contributed by atoms with E-state index in [9.17, 15) is 0 Å². The van der Waals surface area contributed by atoms with Crippen molar-refractivity contribution >= 4 is 17.5 Å². The van der Waals surface area contributed by atoms with Gasteiger partial charge in [0.15, 0.2) is 0 Å². The zero-order valence-corrected chi connectivity index (χ0v) is 14.0. The first kappa shape index (κ1) is 16.0. The van der Waals surface area contributed by atoms with Crippen molar-refractivity contribution in [3.8, 4) is 0 Å². The van der Waals surface area contributed by atoms with E-state index in [1.165, 1.54) is 11.1 Å². The second kappa shape index (κ2) is 7.59. The molecular weight excluding hydrogens is 296 g/mol. The lowest BCUT2D eigenvalue weighted by Crippen LogP contribution is -2.09. The Morgan fingerprint density at radius 3 is 2.42 bits per heavy atom. The highest BCUT2D eigenvalue weighted by Crippen LogP contribution is 2.19. The van der Waals surface area contributed by atoms with E-state index in [4.69, 9.17) is 0 Å². The van der Waals surface area contributed by atoms with E-state index in [2.05, 4.69) is 70.8 Å². The third-order valence-electron chi connectivity index (χ3n) is 3.94. The van der Waals surface area contributed by atoms with E-state index in [1.54, 1.807) is 6.20 Å². The van der Waals surface area contributed by atoms with Crippen LogP contribution in [0.1, 0.15) is 31.0 Å². The highest BCUT2D eigenvalue weighted by molar-refractivity contribution is 5.55. The number of nitrogens with zero attached hydrogens (tertiary/aromatic N) is 2. The van der Waals surface area contributed by atoms with Crippen molar-refractivity contribution in [2.45, 2.75) is 26.3 Å². The lowest BCUT2D eigenvalue weighted by Gasteiger charge is -2.15. The summed E-state index contributed by atoms with van der Waals surface area (Å²) in [5, 5.41) is 6.66. The zero-order chi connectivity index (χ0) is 16.8. The fourth-order valence-electron chi connectivity index (χ4n) is 2.50. The van der Waals surface area contributed by atoms with Crippen LogP contribution in [0.3, 0.4) is 0 Å². The lowest BCUT2D eigenvalue weighted by molar-refractivity contribution is 0.873. The molecule has 1 unspecified atom stereocenters. The molecule has 3 rings (SSSR count). The summed E-state index contributed by atoms with van der Waals surface area (Å²) in [6.07, 6.45) is 2.79. The Balaban J connectivity index is 1.69. The van der Waals surface area contributed by atoms with Crippen molar-refractivity contribution in [2.24, 2.45) is 0 Å². The molecule has 24 heavy (non-hydrogen) atoms. The topological polar surface area (TPSA) is 49.8 Å². The molecule has 0 saturated heterocycles. The summed E-state index contributed by atoms with van der Waals surface area (Å²) in [4.78, 5) is 8.84. The predicted octanol–water partition coefficient (Wildman–Crippen LogP) is 4.96. The Morgan fingerprint density at radius 2 is 1.71 bits per heavy atom. The molecule has 3 aromatic rings. The summed E-state index contributed by atoms with van der Waals surface area (Å²) >= 11 is 0. The van der Waals surface area contributed by atoms with Crippen LogP contribution in [0.5, 0.6) is 0 Å². The zero-order valence-electron chi connectivity index (χ0n) is 14.0. The van der Waals surface area contributed by atoms with Gasteiger partial charge in [-0.3, -0.25) is 0 Å². The number of rotatable bonds is 6. The average molecular weight is 318 g/mol. The van der Waals surface area contributed by atoms with E-state index >= 15 is 0 Å². The second-order valence-electron chi connectivity index (χ2n) is 5.72. The normalized spacial score (nSPS) is 11.8. The van der Waals surface area contributed by atoms with E-state index < -0.39 is 0 Å². The Labute approximate surface area is 143 Å². The minimum atomic E-state index is 0.179. The molecule has 2 N–H and O–H groups in total. The molecule has 0 aliphatic carbocycles. The third-order valence-corrected chi connectivity index (χ3v) is 3.94. The monoisotopic (exact) mass is 318 g/mol. The molecule has 0 aliphatic rings.